The predicted molar refractivity (Wildman–Crippen MR) is 88.8 cm³/mol. The van der Waals surface area contributed by atoms with Crippen molar-refractivity contribution in [1.82, 2.24) is 5.32 Å². The van der Waals surface area contributed by atoms with Crippen molar-refractivity contribution in [3.63, 3.8) is 0 Å². The molecule has 2 aliphatic heterocycles. The van der Waals surface area contributed by atoms with E-state index in [9.17, 15) is 5.11 Å². The van der Waals surface area contributed by atoms with E-state index >= 15 is 0 Å². The highest BCUT2D eigenvalue weighted by atomic mass is 16.7. The molecule has 2 rings (SSSR count). The van der Waals surface area contributed by atoms with Crippen molar-refractivity contribution in [2.45, 2.75) is 84.1 Å². The molecule has 3 atom stereocenters. The molecule has 0 amide bonds. The van der Waals surface area contributed by atoms with Crippen LogP contribution in [0.1, 0.15) is 67.2 Å². The zero-order valence-electron chi connectivity index (χ0n) is 15.3. The maximum absolute atomic E-state index is 9.72. The molecule has 22 heavy (non-hydrogen) atoms. The van der Waals surface area contributed by atoms with Crippen LogP contribution in [0.2, 0.25) is 0 Å². The fraction of sp³-hybridized carbons (Fsp3) is 1.00. The van der Waals surface area contributed by atoms with Crippen LogP contribution in [0, 0.1) is 11.3 Å². The van der Waals surface area contributed by atoms with Gasteiger partial charge in [0.2, 0.25) is 0 Å². The molecule has 2 fully saturated rings. The molecule has 130 valence electrons. The van der Waals surface area contributed by atoms with E-state index in [1.54, 1.807) is 0 Å². The monoisotopic (exact) mass is 313 g/mol. The van der Waals surface area contributed by atoms with Gasteiger partial charge in [-0.1, -0.05) is 27.7 Å². The molecule has 0 aromatic rings. The first-order chi connectivity index (χ1) is 10.2. The zero-order valence-corrected chi connectivity index (χ0v) is 15.3. The van der Waals surface area contributed by atoms with Gasteiger partial charge in [-0.2, -0.15) is 0 Å². The maximum Gasteiger partial charge on any atom is 0.174 e. The Bertz CT molecular complexity index is 386. The van der Waals surface area contributed by atoms with Crippen LogP contribution in [0.25, 0.3) is 0 Å². The molecule has 4 heteroatoms. The quantitative estimate of drug-likeness (QED) is 0.837. The van der Waals surface area contributed by atoms with E-state index < -0.39 is 5.79 Å². The van der Waals surface area contributed by atoms with Crippen molar-refractivity contribution in [1.29, 1.82) is 0 Å². The minimum atomic E-state index is -0.533. The lowest BCUT2D eigenvalue weighted by atomic mass is 9.67. The van der Waals surface area contributed by atoms with Gasteiger partial charge in [-0.05, 0) is 33.1 Å². The molecule has 2 aliphatic rings. The molecule has 0 bridgehead atoms. The third-order valence-electron chi connectivity index (χ3n) is 6.68. The normalized spacial score (nSPS) is 49.5. The molecule has 2 N–H and O–H groups in total. The Kier molecular flexibility index (Phi) is 5.00. The second-order valence-corrected chi connectivity index (χ2v) is 8.11. The molecule has 0 saturated carbocycles. The highest BCUT2D eigenvalue weighted by Gasteiger charge is 2.59. The van der Waals surface area contributed by atoms with Gasteiger partial charge in [0, 0.05) is 28.8 Å². The first kappa shape index (κ1) is 18.2. The van der Waals surface area contributed by atoms with Crippen molar-refractivity contribution in [3.8, 4) is 0 Å². The molecule has 2 saturated heterocycles. The van der Waals surface area contributed by atoms with E-state index in [0.717, 1.165) is 25.7 Å². The lowest BCUT2D eigenvalue weighted by Crippen LogP contribution is -2.73. The number of aliphatic hydroxyl groups excluding tert-OH is 1. The minimum absolute atomic E-state index is 0.00552. The Morgan fingerprint density at radius 3 is 2.05 bits per heavy atom. The summed E-state index contributed by atoms with van der Waals surface area (Å²) in [7, 11) is 0. The molecule has 0 radical (unpaired) electrons. The number of nitrogens with one attached hydrogen (secondary N) is 1. The van der Waals surface area contributed by atoms with Crippen molar-refractivity contribution < 1.29 is 14.6 Å². The number of rotatable bonds is 4. The first-order valence-corrected chi connectivity index (χ1v) is 8.91. The highest BCUT2D eigenvalue weighted by molar-refractivity contribution is 5.09. The molecule has 0 aromatic heterocycles. The lowest BCUT2D eigenvalue weighted by Gasteiger charge is -2.60. The Balaban J connectivity index is 2.29. The van der Waals surface area contributed by atoms with Gasteiger partial charge in [-0.25, -0.2) is 0 Å². The summed E-state index contributed by atoms with van der Waals surface area (Å²) in [4.78, 5) is 0. The topological polar surface area (TPSA) is 50.7 Å². The lowest BCUT2D eigenvalue weighted by molar-refractivity contribution is -0.355. The summed E-state index contributed by atoms with van der Waals surface area (Å²) in [5.41, 5.74) is -0.224. The van der Waals surface area contributed by atoms with Crippen molar-refractivity contribution in [3.05, 3.63) is 0 Å². The summed E-state index contributed by atoms with van der Waals surface area (Å²) < 4.78 is 12.8. The standard InChI is InChI=1S/C18H35NO3/c1-7-15(5)10-18(14(4)16(6,8-2)19-15)21-12-17(9-3,11-20)13-22-18/h14,19-20H,7-13H2,1-6H3. The third kappa shape index (κ3) is 2.83. The largest absolute Gasteiger partial charge is 0.396 e. The predicted octanol–water partition coefficient (Wildman–Crippen LogP) is 3.09. The van der Waals surface area contributed by atoms with Crippen LogP contribution in [0.4, 0.5) is 0 Å². The fourth-order valence-corrected chi connectivity index (χ4v) is 4.03. The van der Waals surface area contributed by atoms with Crippen LogP contribution in [-0.2, 0) is 9.47 Å². The molecule has 4 nitrogen and oxygen atoms in total. The number of hydrogen-bond acceptors (Lipinski definition) is 4. The van der Waals surface area contributed by atoms with Crippen LogP contribution in [0.15, 0.2) is 0 Å². The minimum Gasteiger partial charge on any atom is -0.396 e. The number of aliphatic hydroxyl groups is 1. The van der Waals surface area contributed by atoms with E-state index in [4.69, 9.17) is 9.47 Å². The smallest absolute Gasteiger partial charge is 0.174 e. The van der Waals surface area contributed by atoms with Crippen molar-refractivity contribution in [2.75, 3.05) is 19.8 Å². The summed E-state index contributed by atoms with van der Waals surface area (Å²) in [5.74, 6) is -0.271. The SMILES string of the molecule is CCC1(CO)COC2(CC(C)(CC)NC(C)(CC)C2C)OC1. The summed E-state index contributed by atoms with van der Waals surface area (Å²) in [6.45, 7) is 14.6. The first-order valence-electron chi connectivity index (χ1n) is 8.91. The van der Waals surface area contributed by atoms with Crippen LogP contribution in [0.3, 0.4) is 0 Å². The van der Waals surface area contributed by atoms with Gasteiger partial charge in [-0.3, -0.25) is 0 Å². The van der Waals surface area contributed by atoms with Crippen LogP contribution >= 0.6 is 0 Å². The van der Waals surface area contributed by atoms with E-state index in [1.165, 1.54) is 0 Å². The van der Waals surface area contributed by atoms with Gasteiger partial charge in [-0.15, -0.1) is 0 Å². The molecule has 3 unspecified atom stereocenters. The molecular formula is C18H35NO3. The van der Waals surface area contributed by atoms with E-state index in [0.29, 0.717) is 13.2 Å². The van der Waals surface area contributed by atoms with Gasteiger partial charge in [0.1, 0.15) is 0 Å². The number of hydrogen-bond donors (Lipinski definition) is 2. The average molecular weight is 313 g/mol. The molecule has 2 heterocycles. The fourth-order valence-electron chi connectivity index (χ4n) is 4.03. The summed E-state index contributed by atoms with van der Waals surface area (Å²) in [6.07, 6.45) is 3.82. The molecule has 0 aromatic carbocycles. The van der Waals surface area contributed by atoms with Gasteiger partial charge >= 0.3 is 0 Å². The molecule has 0 aliphatic carbocycles. The summed E-state index contributed by atoms with van der Waals surface area (Å²) in [5, 5.41) is 13.6. The van der Waals surface area contributed by atoms with Gasteiger partial charge < -0.3 is 19.9 Å². The van der Waals surface area contributed by atoms with Gasteiger partial charge in [0.05, 0.1) is 19.8 Å². The third-order valence-corrected chi connectivity index (χ3v) is 6.68. The molecule has 1 spiro atoms. The van der Waals surface area contributed by atoms with Gasteiger partial charge in [0.15, 0.2) is 5.79 Å². The summed E-state index contributed by atoms with van der Waals surface area (Å²) >= 11 is 0. The number of piperidine rings is 1. The second kappa shape index (κ2) is 6.04. The van der Waals surface area contributed by atoms with Crippen molar-refractivity contribution >= 4 is 0 Å². The average Bonchev–Trinajstić information content (AvgIpc) is 2.54. The molecular weight excluding hydrogens is 278 g/mol. The summed E-state index contributed by atoms with van der Waals surface area (Å²) in [6, 6.07) is 0. The van der Waals surface area contributed by atoms with Crippen LogP contribution < -0.4 is 5.32 Å². The second-order valence-electron chi connectivity index (χ2n) is 8.11. The van der Waals surface area contributed by atoms with E-state index in [2.05, 4.69) is 46.9 Å². The van der Waals surface area contributed by atoms with Crippen LogP contribution in [0.5, 0.6) is 0 Å². The van der Waals surface area contributed by atoms with E-state index in [1.807, 2.05) is 0 Å². The highest BCUT2D eigenvalue weighted by Crippen LogP contribution is 2.49. The Labute approximate surface area is 136 Å². The Morgan fingerprint density at radius 2 is 1.64 bits per heavy atom. The maximum atomic E-state index is 9.72. The van der Waals surface area contributed by atoms with E-state index in [-0.39, 0.29) is 29.0 Å². The van der Waals surface area contributed by atoms with Gasteiger partial charge in [0.25, 0.3) is 0 Å². The van der Waals surface area contributed by atoms with Crippen LogP contribution in [-0.4, -0.2) is 41.8 Å². The zero-order chi connectivity index (χ0) is 16.6. The van der Waals surface area contributed by atoms with Crippen molar-refractivity contribution in [2.24, 2.45) is 11.3 Å². The Morgan fingerprint density at radius 1 is 1.05 bits per heavy atom. The number of ether oxygens (including phenoxy) is 2. The Hall–Kier alpha value is -0.160.